The van der Waals surface area contributed by atoms with E-state index < -0.39 is 0 Å². The second-order valence-corrected chi connectivity index (χ2v) is 4.96. The number of carbonyl (C=O) groups excluding carboxylic acids is 1. The SMILES string of the molecule is CSC(=O)c1ccc(CC2CCCN2)cc1. The van der Waals surface area contributed by atoms with Crippen LogP contribution in [-0.2, 0) is 6.42 Å². The maximum atomic E-state index is 11.4. The molecule has 1 heterocycles. The number of carbonyl (C=O) groups is 1. The van der Waals surface area contributed by atoms with Gasteiger partial charge in [0.2, 0.25) is 5.12 Å². The molecular weight excluding hydrogens is 218 g/mol. The molecule has 1 aromatic rings. The van der Waals surface area contributed by atoms with Crippen molar-refractivity contribution in [3.63, 3.8) is 0 Å². The molecule has 16 heavy (non-hydrogen) atoms. The minimum atomic E-state index is 0.144. The van der Waals surface area contributed by atoms with Gasteiger partial charge in [0, 0.05) is 11.6 Å². The average Bonchev–Trinajstić information content (AvgIpc) is 2.82. The fourth-order valence-electron chi connectivity index (χ4n) is 2.11. The molecule has 1 aromatic carbocycles. The monoisotopic (exact) mass is 235 g/mol. The van der Waals surface area contributed by atoms with Gasteiger partial charge in [0.15, 0.2) is 0 Å². The van der Waals surface area contributed by atoms with Crippen LogP contribution in [0, 0.1) is 0 Å². The first-order chi connectivity index (χ1) is 7.79. The zero-order valence-electron chi connectivity index (χ0n) is 9.53. The van der Waals surface area contributed by atoms with Crippen LogP contribution in [0.5, 0.6) is 0 Å². The molecule has 2 rings (SSSR count). The molecule has 1 saturated heterocycles. The first-order valence-corrected chi connectivity index (χ1v) is 6.92. The van der Waals surface area contributed by atoms with E-state index in [0.717, 1.165) is 18.5 Å². The Morgan fingerprint density at radius 1 is 1.44 bits per heavy atom. The van der Waals surface area contributed by atoms with Crippen molar-refractivity contribution in [2.75, 3.05) is 12.8 Å². The van der Waals surface area contributed by atoms with E-state index in [1.165, 1.54) is 30.2 Å². The predicted octanol–water partition coefficient (Wildman–Crippen LogP) is 2.48. The maximum Gasteiger partial charge on any atom is 0.219 e. The molecule has 0 bridgehead atoms. The second kappa shape index (κ2) is 5.51. The van der Waals surface area contributed by atoms with Crippen LogP contribution in [0.25, 0.3) is 0 Å². The lowest BCUT2D eigenvalue weighted by atomic mass is 10.0. The lowest BCUT2D eigenvalue weighted by molar-refractivity contribution is 0.108. The van der Waals surface area contributed by atoms with Gasteiger partial charge in [-0.2, -0.15) is 0 Å². The van der Waals surface area contributed by atoms with E-state index in [2.05, 4.69) is 17.4 Å². The van der Waals surface area contributed by atoms with Crippen molar-refractivity contribution in [3.8, 4) is 0 Å². The van der Waals surface area contributed by atoms with E-state index in [1.807, 2.05) is 18.4 Å². The molecule has 0 radical (unpaired) electrons. The maximum absolute atomic E-state index is 11.4. The van der Waals surface area contributed by atoms with Crippen LogP contribution in [0.1, 0.15) is 28.8 Å². The normalized spacial score (nSPS) is 19.9. The van der Waals surface area contributed by atoms with Crippen LogP contribution in [0.15, 0.2) is 24.3 Å². The summed E-state index contributed by atoms with van der Waals surface area (Å²) in [5.74, 6) is 0. The van der Waals surface area contributed by atoms with Crippen molar-refractivity contribution in [2.24, 2.45) is 0 Å². The van der Waals surface area contributed by atoms with Crippen molar-refractivity contribution >= 4 is 16.9 Å². The van der Waals surface area contributed by atoms with Gasteiger partial charge in [-0.25, -0.2) is 0 Å². The van der Waals surface area contributed by atoms with Gasteiger partial charge in [-0.15, -0.1) is 0 Å². The van der Waals surface area contributed by atoms with Gasteiger partial charge in [-0.1, -0.05) is 36.0 Å². The molecule has 0 amide bonds. The Hall–Kier alpha value is -0.800. The topological polar surface area (TPSA) is 29.1 Å². The van der Waals surface area contributed by atoms with Gasteiger partial charge in [-0.05, 0) is 37.6 Å². The average molecular weight is 235 g/mol. The predicted molar refractivity (Wildman–Crippen MR) is 69.0 cm³/mol. The number of nitrogens with one attached hydrogen (secondary N) is 1. The zero-order chi connectivity index (χ0) is 11.4. The van der Waals surface area contributed by atoms with Gasteiger partial charge in [0.05, 0.1) is 0 Å². The summed E-state index contributed by atoms with van der Waals surface area (Å²) in [6.45, 7) is 1.15. The molecule has 0 spiro atoms. The molecule has 1 fully saturated rings. The van der Waals surface area contributed by atoms with Crippen molar-refractivity contribution in [1.82, 2.24) is 5.32 Å². The minimum Gasteiger partial charge on any atom is -0.314 e. The number of rotatable bonds is 3. The van der Waals surface area contributed by atoms with Gasteiger partial charge in [0.25, 0.3) is 0 Å². The Bertz CT molecular complexity index is 355. The van der Waals surface area contributed by atoms with E-state index in [0.29, 0.717) is 6.04 Å². The van der Waals surface area contributed by atoms with Gasteiger partial charge in [0.1, 0.15) is 0 Å². The Kier molecular flexibility index (Phi) is 4.02. The van der Waals surface area contributed by atoms with E-state index in [9.17, 15) is 4.79 Å². The summed E-state index contributed by atoms with van der Waals surface area (Å²) in [5, 5.41) is 3.63. The highest BCUT2D eigenvalue weighted by molar-refractivity contribution is 8.13. The number of hydrogen-bond acceptors (Lipinski definition) is 3. The van der Waals surface area contributed by atoms with Gasteiger partial charge in [-0.3, -0.25) is 4.79 Å². The molecular formula is C13H17NOS. The van der Waals surface area contributed by atoms with E-state index in [-0.39, 0.29) is 5.12 Å². The Morgan fingerprint density at radius 3 is 2.75 bits per heavy atom. The largest absolute Gasteiger partial charge is 0.314 e. The number of benzene rings is 1. The molecule has 2 nitrogen and oxygen atoms in total. The molecule has 3 heteroatoms. The summed E-state index contributed by atoms with van der Waals surface area (Å²) in [6.07, 6.45) is 5.45. The number of hydrogen-bond donors (Lipinski definition) is 1. The standard InChI is InChI=1S/C13H17NOS/c1-16-13(15)11-6-4-10(5-7-11)9-12-3-2-8-14-12/h4-7,12,14H,2-3,8-9H2,1H3. The lowest BCUT2D eigenvalue weighted by Gasteiger charge is -2.10. The Balaban J connectivity index is 1.98. The van der Waals surface area contributed by atoms with E-state index >= 15 is 0 Å². The quantitative estimate of drug-likeness (QED) is 0.872. The zero-order valence-corrected chi connectivity index (χ0v) is 10.3. The molecule has 1 aliphatic rings. The molecule has 1 atom stereocenters. The Labute approximate surface area is 101 Å². The summed E-state index contributed by atoms with van der Waals surface area (Å²) < 4.78 is 0. The molecule has 0 aliphatic carbocycles. The summed E-state index contributed by atoms with van der Waals surface area (Å²) in [4.78, 5) is 11.4. The fraction of sp³-hybridized carbons (Fsp3) is 0.462. The molecule has 1 N–H and O–H groups in total. The third kappa shape index (κ3) is 2.86. The van der Waals surface area contributed by atoms with E-state index in [4.69, 9.17) is 0 Å². The second-order valence-electron chi connectivity index (χ2n) is 4.19. The highest BCUT2D eigenvalue weighted by Crippen LogP contribution is 2.15. The molecule has 1 unspecified atom stereocenters. The van der Waals surface area contributed by atoms with Crippen molar-refractivity contribution in [1.29, 1.82) is 0 Å². The molecule has 1 aliphatic heterocycles. The van der Waals surface area contributed by atoms with E-state index in [1.54, 1.807) is 0 Å². The third-order valence-corrected chi connectivity index (χ3v) is 3.63. The Morgan fingerprint density at radius 2 is 2.19 bits per heavy atom. The number of thioether (sulfide) groups is 1. The molecule has 0 saturated carbocycles. The molecule has 86 valence electrons. The fourth-order valence-corrected chi connectivity index (χ4v) is 2.48. The van der Waals surface area contributed by atoms with Crippen LogP contribution in [-0.4, -0.2) is 24.0 Å². The summed E-state index contributed by atoms with van der Waals surface area (Å²) in [7, 11) is 0. The van der Waals surface area contributed by atoms with Crippen molar-refractivity contribution in [3.05, 3.63) is 35.4 Å². The van der Waals surface area contributed by atoms with Crippen molar-refractivity contribution in [2.45, 2.75) is 25.3 Å². The summed E-state index contributed by atoms with van der Waals surface area (Å²) >= 11 is 1.27. The van der Waals surface area contributed by atoms with Crippen LogP contribution in [0.3, 0.4) is 0 Å². The van der Waals surface area contributed by atoms with Crippen LogP contribution < -0.4 is 5.32 Å². The first-order valence-electron chi connectivity index (χ1n) is 5.70. The lowest BCUT2D eigenvalue weighted by Crippen LogP contribution is -2.23. The summed E-state index contributed by atoms with van der Waals surface area (Å²) in [5.41, 5.74) is 2.12. The van der Waals surface area contributed by atoms with Crippen LogP contribution >= 0.6 is 11.8 Å². The van der Waals surface area contributed by atoms with Crippen molar-refractivity contribution < 1.29 is 4.79 Å². The first kappa shape index (κ1) is 11.7. The molecule has 0 aromatic heterocycles. The van der Waals surface area contributed by atoms with Gasteiger partial charge < -0.3 is 5.32 Å². The highest BCUT2D eigenvalue weighted by Gasteiger charge is 2.14. The van der Waals surface area contributed by atoms with Gasteiger partial charge >= 0.3 is 0 Å². The smallest absolute Gasteiger partial charge is 0.219 e. The summed E-state index contributed by atoms with van der Waals surface area (Å²) in [6, 6.07) is 8.64. The highest BCUT2D eigenvalue weighted by atomic mass is 32.2. The van der Waals surface area contributed by atoms with Crippen LogP contribution in [0.2, 0.25) is 0 Å². The third-order valence-electron chi connectivity index (χ3n) is 3.02. The minimum absolute atomic E-state index is 0.144. The van der Waals surface area contributed by atoms with Crippen LogP contribution in [0.4, 0.5) is 0 Å².